The fourth-order valence-electron chi connectivity index (χ4n) is 1.87. The van der Waals surface area contributed by atoms with Crippen LogP contribution in [-0.2, 0) is 4.79 Å². The van der Waals surface area contributed by atoms with Gasteiger partial charge in [0.1, 0.15) is 5.82 Å². The number of anilines is 1. The van der Waals surface area contributed by atoms with E-state index in [-0.39, 0.29) is 18.7 Å². The molecular formula is C11H11FN2O3. The van der Waals surface area contributed by atoms with E-state index in [1.807, 2.05) is 0 Å². The first kappa shape index (κ1) is 11.4. The molecule has 0 aromatic heterocycles. The lowest BCUT2D eigenvalue weighted by Gasteiger charge is -2.22. The summed E-state index contributed by atoms with van der Waals surface area (Å²) in [5.41, 5.74) is 0.105. The van der Waals surface area contributed by atoms with Crippen molar-refractivity contribution in [3.63, 3.8) is 0 Å². The number of urea groups is 1. The van der Waals surface area contributed by atoms with Crippen molar-refractivity contribution in [1.29, 1.82) is 0 Å². The lowest BCUT2D eigenvalue weighted by molar-refractivity contribution is -0.137. The zero-order chi connectivity index (χ0) is 12.4. The Bertz CT molecular complexity index is 464. The van der Waals surface area contributed by atoms with Gasteiger partial charge in [0.05, 0.1) is 18.2 Å². The topological polar surface area (TPSA) is 69.6 Å². The average molecular weight is 238 g/mol. The van der Waals surface area contributed by atoms with Gasteiger partial charge in [-0.15, -0.1) is 0 Å². The monoisotopic (exact) mass is 238 g/mol. The zero-order valence-electron chi connectivity index (χ0n) is 8.89. The Hall–Kier alpha value is -2.11. The minimum Gasteiger partial charge on any atom is -0.481 e. The Morgan fingerprint density at radius 3 is 2.88 bits per heavy atom. The largest absolute Gasteiger partial charge is 0.481 e. The predicted octanol–water partition coefficient (Wildman–Crippen LogP) is 1.20. The van der Waals surface area contributed by atoms with Crippen LogP contribution in [0.25, 0.3) is 0 Å². The fraction of sp³-hybridized carbons (Fsp3) is 0.273. The molecule has 1 aliphatic rings. The molecule has 1 fully saturated rings. The van der Waals surface area contributed by atoms with Crippen LogP contribution in [0, 0.1) is 5.82 Å². The van der Waals surface area contributed by atoms with Crippen LogP contribution < -0.4 is 10.2 Å². The van der Waals surface area contributed by atoms with Crippen LogP contribution in [0.5, 0.6) is 0 Å². The van der Waals surface area contributed by atoms with E-state index in [0.29, 0.717) is 0 Å². The number of nitrogens with zero attached hydrogens (tertiary/aromatic N) is 1. The second-order valence-electron chi connectivity index (χ2n) is 3.76. The minimum absolute atomic E-state index is 0.105. The summed E-state index contributed by atoms with van der Waals surface area (Å²) in [6, 6.07) is 4.77. The maximum Gasteiger partial charge on any atom is 0.322 e. The number of benzene rings is 1. The molecule has 17 heavy (non-hydrogen) atoms. The summed E-state index contributed by atoms with van der Waals surface area (Å²) in [5.74, 6) is -1.56. The first-order valence-electron chi connectivity index (χ1n) is 5.13. The molecule has 1 aliphatic heterocycles. The maximum absolute atomic E-state index is 13.6. The summed E-state index contributed by atoms with van der Waals surface area (Å²) in [6.07, 6.45) is -0.215. The first-order chi connectivity index (χ1) is 8.09. The Kier molecular flexibility index (Phi) is 2.95. The predicted molar refractivity (Wildman–Crippen MR) is 58.3 cm³/mol. The third-order valence-corrected chi connectivity index (χ3v) is 2.60. The molecular weight excluding hydrogens is 227 g/mol. The van der Waals surface area contributed by atoms with Crippen molar-refractivity contribution in [3.05, 3.63) is 30.1 Å². The first-order valence-corrected chi connectivity index (χ1v) is 5.13. The molecule has 0 saturated carbocycles. The molecule has 1 saturated heterocycles. The maximum atomic E-state index is 13.6. The summed E-state index contributed by atoms with van der Waals surface area (Å²) < 4.78 is 13.6. The van der Waals surface area contributed by atoms with Crippen molar-refractivity contribution in [3.8, 4) is 0 Å². The second-order valence-corrected chi connectivity index (χ2v) is 3.76. The van der Waals surface area contributed by atoms with Gasteiger partial charge in [-0.3, -0.25) is 9.69 Å². The van der Waals surface area contributed by atoms with E-state index in [0.717, 1.165) is 4.90 Å². The van der Waals surface area contributed by atoms with E-state index in [1.54, 1.807) is 6.07 Å². The smallest absolute Gasteiger partial charge is 0.322 e. The van der Waals surface area contributed by atoms with Gasteiger partial charge in [-0.05, 0) is 12.1 Å². The summed E-state index contributed by atoms with van der Waals surface area (Å²) in [4.78, 5) is 23.4. The molecule has 6 heteroatoms. The van der Waals surface area contributed by atoms with Gasteiger partial charge >= 0.3 is 12.0 Å². The highest BCUT2D eigenvalue weighted by atomic mass is 19.1. The molecule has 1 aromatic rings. The van der Waals surface area contributed by atoms with E-state index in [2.05, 4.69) is 5.32 Å². The number of carboxylic acid groups (broad SMARTS) is 1. The number of hydrogen-bond donors (Lipinski definition) is 2. The number of nitrogens with one attached hydrogen (secondary N) is 1. The van der Waals surface area contributed by atoms with Crippen molar-refractivity contribution in [2.24, 2.45) is 0 Å². The van der Waals surface area contributed by atoms with Crippen LogP contribution in [0.2, 0.25) is 0 Å². The lowest BCUT2D eigenvalue weighted by atomic mass is 10.1. The molecule has 0 spiro atoms. The van der Waals surface area contributed by atoms with Crippen molar-refractivity contribution < 1.29 is 19.1 Å². The van der Waals surface area contributed by atoms with Gasteiger partial charge in [0.15, 0.2) is 0 Å². The third kappa shape index (κ3) is 2.20. The quantitative estimate of drug-likeness (QED) is 0.831. The number of halogens is 1. The van der Waals surface area contributed by atoms with Crippen molar-refractivity contribution >= 4 is 17.7 Å². The van der Waals surface area contributed by atoms with Gasteiger partial charge in [0.25, 0.3) is 0 Å². The van der Waals surface area contributed by atoms with Crippen LogP contribution in [-0.4, -0.2) is 29.7 Å². The number of amides is 2. The Morgan fingerprint density at radius 2 is 2.24 bits per heavy atom. The molecule has 0 radical (unpaired) electrons. The van der Waals surface area contributed by atoms with Crippen LogP contribution in [0.15, 0.2) is 24.3 Å². The molecule has 90 valence electrons. The Labute approximate surface area is 96.8 Å². The SMILES string of the molecule is O=C(O)CC1CNC(=O)N1c1ccccc1F. The highest BCUT2D eigenvalue weighted by molar-refractivity contribution is 5.95. The number of para-hydroxylation sites is 1. The summed E-state index contributed by atoms with van der Waals surface area (Å²) in [5, 5.41) is 11.2. The molecule has 1 aromatic carbocycles. The summed E-state index contributed by atoms with van der Waals surface area (Å²) >= 11 is 0. The molecule has 1 heterocycles. The number of hydrogen-bond acceptors (Lipinski definition) is 2. The molecule has 0 bridgehead atoms. The van der Waals surface area contributed by atoms with Gasteiger partial charge < -0.3 is 10.4 Å². The van der Waals surface area contributed by atoms with Gasteiger partial charge in [0.2, 0.25) is 0 Å². The average Bonchev–Trinajstić information content (AvgIpc) is 2.60. The van der Waals surface area contributed by atoms with Crippen molar-refractivity contribution in [2.45, 2.75) is 12.5 Å². The molecule has 1 atom stereocenters. The Balaban J connectivity index is 2.31. The van der Waals surface area contributed by atoms with E-state index in [9.17, 15) is 14.0 Å². The van der Waals surface area contributed by atoms with Gasteiger partial charge in [-0.1, -0.05) is 12.1 Å². The van der Waals surface area contributed by atoms with Crippen LogP contribution in [0.1, 0.15) is 6.42 Å². The minimum atomic E-state index is -1.02. The standard InChI is InChI=1S/C11H11FN2O3/c12-8-3-1-2-4-9(8)14-7(5-10(15)16)6-13-11(14)17/h1-4,7H,5-6H2,(H,13,17)(H,15,16). The number of carbonyl (C=O) groups is 2. The number of aliphatic carboxylic acids is 1. The van der Waals surface area contributed by atoms with Crippen LogP contribution in [0.4, 0.5) is 14.9 Å². The van der Waals surface area contributed by atoms with Crippen molar-refractivity contribution in [2.75, 3.05) is 11.4 Å². The van der Waals surface area contributed by atoms with Gasteiger partial charge in [-0.2, -0.15) is 0 Å². The lowest BCUT2D eigenvalue weighted by Crippen LogP contribution is -2.36. The molecule has 2 N–H and O–H groups in total. The molecule has 2 amide bonds. The highest BCUT2D eigenvalue weighted by Crippen LogP contribution is 2.24. The van der Waals surface area contributed by atoms with E-state index < -0.39 is 23.9 Å². The molecule has 1 unspecified atom stereocenters. The van der Waals surface area contributed by atoms with E-state index in [1.165, 1.54) is 18.2 Å². The fourth-order valence-corrected chi connectivity index (χ4v) is 1.87. The van der Waals surface area contributed by atoms with Gasteiger partial charge in [-0.25, -0.2) is 9.18 Å². The second kappa shape index (κ2) is 4.40. The molecule has 2 rings (SSSR count). The highest BCUT2D eigenvalue weighted by Gasteiger charge is 2.34. The molecule has 0 aliphatic carbocycles. The van der Waals surface area contributed by atoms with E-state index in [4.69, 9.17) is 5.11 Å². The van der Waals surface area contributed by atoms with Crippen LogP contribution >= 0.6 is 0 Å². The van der Waals surface area contributed by atoms with Crippen molar-refractivity contribution in [1.82, 2.24) is 5.32 Å². The molecule has 5 nitrogen and oxygen atoms in total. The van der Waals surface area contributed by atoms with Gasteiger partial charge in [0, 0.05) is 6.54 Å². The number of rotatable bonds is 3. The summed E-state index contributed by atoms with van der Waals surface area (Å²) in [7, 11) is 0. The summed E-state index contributed by atoms with van der Waals surface area (Å²) in [6.45, 7) is 0.208. The zero-order valence-corrected chi connectivity index (χ0v) is 8.89. The van der Waals surface area contributed by atoms with Crippen LogP contribution in [0.3, 0.4) is 0 Å². The Morgan fingerprint density at radius 1 is 1.53 bits per heavy atom. The number of carboxylic acids is 1. The normalized spacial score (nSPS) is 19.2. The number of carbonyl (C=O) groups excluding carboxylic acids is 1. The van der Waals surface area contributed by atoms with E-state index >= 15 is 0 Å². The third-order valence-electron chi connectivity index (χ3n) is 2.60.